The van der Waals surface area contributed by atoms with Crippen LogP contribution in [0.15, 0.2) is 36.4 Å². The van der Waals surface area contributed by atoms with Crippen molar-refractivity contribution >= 4 is 17.6 Å². The van der Waals surface area contributed by atoms with Gasteiger partial charge in [0.15, 0.2) is 0 Å². The molecule has 1 N–H and O–H groups in total. The Morgan fingerprint density at radius 2 is 1.44 bits per heavy atom. The van der Waals surface area contributed by atoms with Crippen molar-refractivity contribution in [2.75, 3.05) is 4.90 Å². The topological polar surface area (TPSA) is 81.4 Å². The van der Waals surface area contributed by atoms with Gasteiger partial charge in [-0.1, -0.05) is 6.92 Å². The van der Waals surface area contributed by atoms with Gasteiger partial charge in [-0.25, -0.2) is 0 Å². The van der Waals surface area contributed by atoms with Crippen LogP contribution < -0.4 is 4.90 Å². The summed E-state index contributed by atoms with van der Waals surface area (Å²) in [4.78, 5) is 26.3. The van der Waals surface area contributed by atoms with E-state index >= 15 is 0 Å². The Morgan fingerprint density at radius 1 is 0.889 bits per heavy atom. The normalized spacial score (nSPS) is 23.2. The Morgan fingerprint density at radius 3 is 1.91 bits per heavy atom. The molecule has 0 aromatic heterocycles. The molecule has 45 heavy (non-hydrogen) atoms. The van der Waals surface area contributed by atoms with E-state index in [4.69, 9.17) is 5.11 Å². The zero-order valence-corrected chi connectivity index (χ0v) is 23.9. The first-order chi connectivity index (χ1) is 20.8. The van der Waals surface area contributed by atoms with Crippen LogP contribution in [0.5, 0.6) is 0 Å². The molecule has 1 amide bonds. The largest absolute Gasteiger partial charge is 0.481 e. The molecule has 14 heteroatoms. The molecular formula is C31H29F9N2O3. The number of aliphatic carboxylic acids is 1. The van der Waals surface area contributed by atoms with E-state index in [1.807, 2.05) is 0 Å². The number of hydrogen-bond donors (Lipinski definition) is 1. The molecule has 0 radical (unpaired) electrons. The summed E-state index contributed by atoms with van der Waals surface area (Å²) in [5.41, 5.74) is -5.30. The predicted octanol–water partition coefficient (Wildman–Crippen LogP) is 8.93. The fraction of sp³-hybridized carbons (Fsp3) is 0.516. The van der Waals surface area contributed by atoms with Crippen molar-refractivity contribution in [3.8, 4) is 6.07 Å². The van der Waals surface area contributed by atoms with Crippen LogP contribution >= 0.6 is 0 Å². The third kappa shape index (κ3) is 7.39. The number of nitriles is 1. The minimum atomic E-state index is -5.21. The monoisotopic (exact) mass is 648 g/mol. The average molecular weight is 649 g/mol. The number of halogens is 9. The summed E-state index contributed by atoms with van der Waals surface area (Å²) < 4.78 is 123. The molecule has 5 nitrogen and oxygen atoms in total. The molecule has 2 aliphatic rings. The average Bonchev–Trinajstić information content (AvgIpc) is 2.95. The van der Waals surface area contributed by atoms with Gasteiger partial charge in [0.1, 0.15) is 0 Å². The van der Waals surface area contributed by atoms with E-state index < -0.39 is 76.5 Å². The zero-order valence-electron chi connectivity index (χ0n) is 23.9. The minimum Gasteiger partial charge on any atom is -0.481 e. The summed E-state index contributed by atoms with van der Waals surface area (Å²) >= 11 is 0. The number of fused-ring (bicyclic) bond motifs is 1. The number of carbonyl (C=O) groups excluding carboxylic acids is 1. The Labute approximate surface area is 252 Å². The Hall–Kier alpha value is -3.76. The summed E-state index contributed by atoms with van der Waals surface area (Å²) in [5, 5.41) is 19.2. The first kappa shape index (κ1) is 34.1. The highest BCUT2D eigenvalue weighted by Crippen LogP contribution is 2.50. The molecule has 0 saturated heterocycles. The maximum atomic E-state index is 13.9. The molecule has 1 aliphatic carbocycles. The first-order valence-corrected chi connectivity index (χ1v) is 14.3. The van der Waals surface area contributed by atoms with E-state index in [1.165, 1.54) is 4.90 Å². The second-order valence-corrected chi connectivity index (χ2v) is 11.6. The smallest absolute Gasteiger partial charge is 0.416 e. The number of carboxylic acid groups (broad SMARTS) is 1. The fourth-order valence-corrected chi connectivity index (χ4v) is 6.55. The van der Waals surface area contributed by atoms with Crippen molar-refractivity contribution in [2.24, 2.45) is 11.8 Å². The summed E-state index contributed by atoms with van der Waals surface area (Å²) in [6, 6.07) is 4.25. The Bertz CT molecular complexity index is 1440. The molecule has 0 bridgehead atoms. The van der Waals surface area contributed by atoms with E-state index in [9.17, 15) is 54.4 Å². The summed E-state index contributed by atoms with van der Waals surface area (Å²) in [6.45, 7) is 1.67. The second kappa shape index (κ2) is 12.6. The fourth-order valence-electron chi connectivity index (χ4n) is 6.55. The second-order valence-electron chi connectivity index (χ2n) is 11.6. The molecule has 244 valence electrons. The van der Waals surface area contributed by atoms with E-state index in [2.05, 4.69) is 0 Å². The van der Waals surface area contributed by atoms with Crippen molar-refractivity contribution in [2.45, 2.75) is 88.3 Å². The van der Waals surface area contributed by atoms with Crippen molar-refractivity contribution in [3.63, 3.8) is 0 Å². The van der Waals surface area contributed by atoms with Gasteiger partial charge in [0.25, 0.3) is 0 Å². The minimum absolute atomic E-state index is 0.00651. The number of amides is 1. The van der Waals surface area contributed by atoms with Gasteiger partial charge >= 0.3 is 24.5 Å². The van der Waals surface area contributed by atoms with E-state index in [1.54, 1.807) is 13.0 Å². The molecule has 2 aromatic rings. The van der Waals surface area contributed by atoms with Gasteiger partial charge in [-0.3, -0.25) is 9.59 Å². The number of alkyl halides is 9. The van der Waals surface area contributed by atoms with Gasteiger partial charge in [-0.2, -0.15) is 44.8 Å². The molecule has 2 aromatic carbocycles. The lowest BCUT2D eigenvalue weighted by molar-refractivity contribution is -0.143. The van der Waals surface area contributed by atoms with E-state index in [0.29, 0.717) is 43.9 Å². The SMILES string of the molecule is CC[C@@H]1C[C@H](C(C#N)c2cc(C(F)(F)F)cc(C(F)(F)F)c2)c2cc(C(F)(F)F)ccc2N1C(=O)C1CCC(CC(=O)O)CC1. The van der Waals surface area contributed by atoms with Crippen LogP contribution in [-0.2, 0) is 28.1 Å². The van der Waals surface area contributed by atoms with E-state index in [0.717, 1.165) is 12.1 Å². The quantitative estimate of drug-likeness (QED) is 0.317. The Kier molecular flexibility index (Phi) is 9.52. The molecular weight excluding hydrogens is 619 g/mol. The lowest BCUT2D eigenvalue weighted by Gasteiger charge is -2.44. The molecule has 3 atom stereocenters. The highest BCUT2D eigenvalue weighted by atomic mass is 19.4. The number of hydrogen-bond acceptors (Lipinski definition) is 3. The number of rotatable bonds is 6. The molecule has 1 saturated carbocycles. The van der Waals surface area contributed by atoms with Gasteiger partial charge in [0, 0.05) is 30.0 Å². The standard InChI is InChI=1S/C31H29F9N2O3/c1-2-22-14-23(25(15-41)18-10-20(30(35,36)37)12-21(11-18)31(38,39)40)24-13-19(29(32,33)34)7-8-26(24)42(22)28(45)17-5-3-16(4-6-17)9-27(43)44/h7-8,10-13,16-17,22-23,25H,2-6,9,14H2,1H3,(H,43,44)/t16?,17?,22-,23+,25?/m1/s1. The van der Waals surface area contributed by atoms with Gasteiger partial charge < -0.3 is 10.0 Å². The van der Waals surface area contributed by atoms with Crippen LogP contribution in [0, 0.1) is 23.2 Å². The van der Waals surface area contributed by atoms with Gasteiger partial charge in [-0.05, 0) is 92.0 Å². The Balaban J connectivity index is 1.82. The third-order valence-electron chi connectivity index (χ3n) is 8.78. The van der Waals surface area contributed by atoms with Crippen molar-refractivity contribution in [3.05, 3.63) is 64.2 Å². The number of nitrogens with zero attached hydrogens (tertiary/aromatic N) is 2. The molecule has 4 rings (SSSR count). The molecule has 1 fully saturated rings. The molecule has 1 heterocycles. The lowest BCUT2D eigenvalue weighted by Crippen LogP contribution is -2.48. The van der Waals surface area contributed by atoms with Crippen LogP contribution in [0.2, 0.25) is 0 Å². The molecule has 0 spiro atoms. The third-order valence-corrected chi connectivity index (χ3v) is 8.78. The van der Waals surface area contributed by atoms with Crippen molar-refractivity contribution < 1.29 is 54.2 Å². The van der Waals surface area contributed by atoms with Gasteiger partial charge in [0.2, 0.25) is 5.91 Å². The van der Waals surface area contributed by atoms with E-state index in [-0.39, 0.29) is 42.5 Å². The molecule has 1 aliphatic heterocycles. The van der Waals surface area contributed by atoms with Gasteiger partial charge in [-0.15, -0.1) is 0 Å². The van der Waals surface area contributed by atoms with Gasteiger partial charge in [0.05, 0.1) is 28.7 Å². The summed E-state index contributed by atoms with van der Waals surface area (Å²) in [6.07, 6.45) is -13.7. The highest BCUT2D eigenvalue weighted by molar-refractivity contribution is 5.97. The maximum Gasteiger partial charge on any atom is 0.416 e. The van der Waals surface area contributed by atoms with Crippen LogP contribution in [0.25, 0.3) is 0 Å². The number of anilines is 1. The summed E-state index contributed by atoms with van der Waals surface area (Å²) in [5.74, 6) is -5.08. The van der Waals surface area contributed by atoms with Crippen LogP contribution in [-0.4, -0.2) is 23.0 Å². The number of carboxylic acids is 1. The highest BCUT2D eigenvalue weighted by Gasteiger charge is 2.45. The predicted molar refractivity (Wildman–Crippen MR) is 143 cm³/mol. The number of benzene rings is 2. The van der Waals surface area contributed by atoms with Crippen molar-refractivity contribution in [1.82, 2.24) is 0 Å². The number of carbonyl (C=O) groups is 2. The van der Waals surface area contributed by atoms with Crippen LogP contribution in [0.1, 0.15) is 91.5 Å². The van der Waals surface area contributed by atoms with Crippen LogP contribution in [0.4, 0.5) is 45.2 Å². The maximum absolute atomic E-state index is 13.9. The zero-order chi connectivity index (χ0) is 33.5. The van der Waals surface area contributed by atoms with Crippen molar-refractivity contribution in [1.29, 1.82) is 5.26 Å². The molecule has 1 unspecified atom stereocenters. The first-order valence-electron chi connectivity index (χ1n) is 14.3. The lowest BCUT2D eigenvalue weighted by atomic mass is 9.73. The van der Waals surface area contributed by atoms with Crippen LogP contribution in [0.3, 0.4) is 0 Å². The summed E-state index contributed by atoms with van der Waals surface area (Å²) in [7, 11) is 0.